The molecule has 0 N–H and O–H groups in total. The second kappa shape index (κ2) is 13.5. The summed E-state index contributed by atoms with van der Waals surface area (Å²) in [6.45, 7) is 7.68. The molecule has 0 aliphatic rings. The van der Waals surface area contributed by atoms with Crippen LogP contribution in [0.1, 0.15) is 33.4 Å². The monoisotopic (exact) mass is 760 g/mol. The van der Waals surface area contributed by atoms with E-state index < -0.39 is 0 Å². The molecule has 9 aromatic rings. The molecule has 0 aliphatic heterocycles. The van der Waals surface area contributed by atoms with Gasteiger partial charge in [0.05, 0.1) is 46.0 Å². The van der Waals surface area contributed by atoms with Gasteiger partial charge in [-0.15, -0.1) is 0 Å². The zero-order valence-electron chi connectivity index (χ0n) is 31.9. The van der Waals surface area contributed by atoms with E-state index in [9.17, 15) is 19.2 Å². The first-order valence-corrected chi connectivity index (χ1v) is 18.5. The van der Waals surface area contributed by atoms with Gasteiger partial charge in [0.15, 0.2) is 0 Å². The normalized spacial score (nSPS) is 11.5. The van der Waals surface area contributed by atoms with Crippen LogP contribution in [-0.2, 0) is 13.1 Å². The third kappa shape index (κ3) is 5.63. The number of hydrogen-bond donors (Lipinski definition) is 0. The van der Waals surface area contributed by atoms with Crippen molar-refractivity contribution in [2.75, 3.05) is 0 Å². The van der Waals surface area contributed by atoms with Gasteiger partial charge in [-0.25, -0.2) is 9.13 Å². The lowest BCUT2D eigenvalue weighted by atomic mass is 9.99. The molecule has 0 saturated carbocycles. The van der Waals surface area contributed by atoms with E-state index in [0.29, 0.717) is 32.9 Å². The number of benzene rings is 6. The quantitative estimate of drug-likeness (QED) is 0.0932. The highest BCUT2D eigenvalue weighted by Crippen LogP contribution is 2.30. The molecule has 2 heterocycles. The van der Waals surface area contributed by atoms with Crippen molar-refractivity contribution in [1.82, 2.24) is 9.13 Å². The summed E-state index contributed by atoms with van der Waals surface area (Å²) >= 11 is 0. The van der Waals surface area contributed by atoms with Crippen molar-refractivity contribution in [2.45, 2.75) is 40.8 Å². The molecule has 0 amide bonds. The van der Waals surface area contributed by atoms with E-state index in [-0.39, 0.29) is 35.3 Å². The van der Waals surface area contributed by atoms with Gasteiger partial charge in [-0.1, -0.05) is 58.8 Å². The molecule has 0 saturated heterocycles. The summed E-state index contributed by atoms with van der Waals surface area (Å²) in [5, 5.41) is 15.6. The van der Waals surface area contributed by atoms with E-state index in [1.807, 2.05) is 100 Å². The Morgan fingerprint density at radius 2 is 0.672 bits per heavy atom. The number of aromatic nitrogens is 2. The second-order valence-electron chi connectivity index (χ2n) is 14.9. The summed E-state index contributed by atoms with van der Waals surface area (Å²) in [4.78, 5) is 61.2. The molecule has 0 aliphatic carbocycles. The summed E-state index contributed by atoms with van der Waals surface area (Å²) in [7, 11) is 0. The largest absolute Gasteiger partial charge is 0.268 e. The van der Waals surface area contributed by atoms with Gasteiger partial charge in [-0.2, -0.15) is 0 Å². The molecule has 0 fully saturated rings. The summed E-state index contributed by atoms with van der Waals surface area (Å²) in [6.07, 6.45) is 0. The predicted octanol–water partition coefficient (Wildman–Crippen LogP) is 9.92. The van der Waals surface area contributed by atoms with Gasteiger partial charge < -0.3 is 0 Å². The molecule has 12 nitrogen and oxygen atoms in total. The topological polar surface area (TPSA) is 176 Å². The second-order valence-corrected chi connectivity index (χ2v) is 14.9. The lowest BCUT2D eigenvalue weighted by Crippen LogP contribution is -2.25. The third-order valence-corrected chi connectivity index (χ3v) is 11.2. The number of rotatable bonds is 6. The van der Waals surface area contributed by atoms with Gasteiger partial charge in [-0.3, -0.25) is 19.2 Å². The van der Waals surface area contributed by atoms with Crippen LogP contribution in [0.5, 0.6) is 0 Å². The Labute approximate surface area is 328 Å². The molecule has 7 aromatic carbocycles. The number of nitrogens with zero attached hydrogens (tertiary/aromatic N) is 8. The smallest absolute Gasteiger partial charge is 0.266 e. The van der Waals surface area contributed by atoms with Crippen molar-refractivity contribution in [2.24, 2.45) is 10.2 Å². The van der Waals surface area contributed by atoms with Crippen molar-refractivity contribution < 1.29 is 0 Å². The third-order valence-electron chi connectivity index (χ3n) is 11.2. The summed E-state index contributed by atoms with van der Waals surface area (Å²) in [5.41, 5.74) is 21.5. The van der Waals surface area contributed by atoms with Crippen LogP contribution < -0.4 is 22.2 Å². The fraction of sp³-hybridized carbons (Fsp3) is 0.130. The zero-order valence-corrected chi connectivity index (χ0v) is 31.9. The highest BCUT2D eigenvalue weighted by atomic mass is 16.2. The fourth-order valence-corrected chi connectivity index (χ4v) is 8.69. The average molecular weight is 761 g/mol. The zero-order chi connectivity index (χ0) is 40.6. The van der Waals surface area contributed by atoms with Crippen LogP contribution in [0.3, 0.4) is 0 Å². The Kier molecular flexibility index (Phi) is 8.33. The van der Waals surface area contributed by atoms with Crippen molar-refractivity contribution in [3.63, 3.8) is 0 Å². The van der Waals surface area contributed by atoms with E-state index in [0.717, 1.165) is 76.5 Å². The first-order chi connectivity index (χ1) is 27.9. The molecule has 0 atom stereocenters. The Morgan fingerprint density at radius 3 is 0.914 bits per heavy atom. The van der Waals surface area contributed by atoms with E-state index in [1.165, 1.54) is 9.13 Å². The molecule has 2 aromatic heterocycles. The molecule has 9 rings (SSSR count). The van der Waals surface area contributed by atoms with Gasteiger partial charge >= 0.3 is 0 Å². The predicted molar refractivity (Wildman–Crippen MR) is 231 cm³/mol. The molecule has 0 unspecified atom stereocenters. The van der Waals surface area contributed by atoms with Crippen molar-refractivity contribution >= 4 is 64.6 Å². The average Bonchev–Trinajstić information content (AvgIpc) is 3.56. The van der Waals surface area contributed by atoms with Crippen molar-refractivity contribution in [1.29, 1.82) is 0 Å². The Morgan fingerprint density at radius 1 is 0.414 bits per heavy atom. The number of azide groups is 2. The lowest BCUT2D eigenvalue weighted by Gasteiger charge is -2.11. The van der Waals surface area contributed by atoms with Gasteiger partial charge in [-0.05, 0) is 164 Å². The molecule has 0 bridgehead atoms. The van der Waals surface area contributed by atoms with Crippen molar-refractivity contribution in [3.8, 4) is 11.4 Å². The van der Waals surface area contributed by atoms with Crippen LogP contribution in [0.25, 0.3) is 96.9 Å². The maximum Gasteiger partial charge on any atom is 0.266 e. The van der Waals surface area contributed by atoms with Crippen LogP contribution in [0.2, 0.25) is 0 Å². The molecule has 58 heavy (non-hydrogen) atoms. The summed E-state index contributed by atoms with van der Waals surface area (Å²) in [5.74, 6) is 0. The van der Waals surface area contributed by atoms with Crippen LogP contribution >= 0.6 is 0 Å². The van der Waals surface area contributed by atoms with Crippen LogP contribution in [-0.4, -0.2) is 9.13 Å². The van der Waals surface area contributed by atoms with Gasteiger partial charge in [0.25, 0.3) is 22.2 Å². The van der Waals surface area contributed by atoms with Gasteiger partial charge in [0, 0.05) is 9.82 Å². The standard InChI is InChI=1S/C46H32N8O4/c1-23-9-27(21-49-51-47)10-24(2)41(23)53-43(55)37-17-33-13-29-5-7-31-15-35-19-39-40(20-36(35)16-32(31)8-6-30(29)14-34(33)18-38(37)44(53)56)46(58)54(45(39)57)42-25(3)11-28(12-26(42)4)22-50-52-48/h5-20H,21-22H2,1-4H3. The number of fused-ring (bicyclic) bond motifs is 6. The van der Waals surface area contributed by atoms with Crippen molar-refractivity contribution in [3.05, 3.63) is 193 Å². The maximum absolute atomic E-state index is 13.9. The highest BCUT2D eigenvalue weighted by molar-refractivity contribution is 6.07. The lowest BCUT2D eigenvalue weighted by molar-refractivity contribution is 0.952. The van der Waals surface area contributed by atoms with E-state index in [4.69, 9.17) is 11.1 Å². The molecular formula is C46H32N8O4. The number of aryl methyl sites for hydroxylation is 4. The number of hydrogen-bond acceptors (Lipinski definition) is 6. The minimum Gasteiger partial charge on any atom is -0.268 e. The molecule has 0 spiro atoms. The maximum atomic E-state index is 13.9. The van der Waals surface area contributed by atoms with Crippen LogP contribution in [0.15, 0.2) is 126 Å². The Bertz CT molecular complexity index is 3220. The summed E-state index contributed by atoms with van der Waals surface area (Å²) < 4.78 is 2.48. The molecule has 280 valence electrons. The van der Waals surface area contributed by atoms with E-state index in [2.05, 4.69) is 20.1 Å². The Balaban J connectivity index is 1.17. The van der Waals surface area contributed by atoms with E-state index in [1.54, 1.807) is 24.3 Å². The summed E-state index contributed by atoms with van der Waals surface area (Å²) in [6, 6.07) is 30.6. The SMILES string of the molecule is Cc1cc(CN=[N+]=[N-])cc(C)c1-n1c(=O)c2cc3cc4ccc5cc6cc7c(=O)n(-c8c(C)cc(CN=[N+]=[N-])cc8C)c(=O)c7cc6cc5ccc4cc3cc2c1=O. The highest BCUT2D eigenvalue weighted by Gasteiger charge is 2.21. The first-order valence-electron chi connectivity index (χ1n) is 18.5. The molecular weight excluding hydrogens is 729 g/mol. The van der Waals surface area contributed by atoms with Gasteiger partial charge in [0.2, 0.25) is 0 Å². The first kappa shape index (κ1) is 35.9. The fourth-order valence-electron chi connectivity index (χ4n) is 8.69. The molecule has 12 heteroatoms. The Hall–Kier alpha value is -7.78. The molecule has 0 radical (unpaired) electrons. The van der Waals surface area contributed by atoms with E-state index >= 15 is 0 Å². The van der Waals surface area contributed by atoms with Crippen LogP contribution in [0.4, 0.5) is 0 Å². The van der Waals surface area contributed by atoms with Crippen LogP contribution in [0, 0.1) is 27.7 Å². The van der Waals surface area contributed by atoms with Gasteiger partial charge in [0.1, 0.15) is 0 Å². The minimum atomic E-state index is -0.390. The minimum absolute atomic E-state index is 0.170.